The van der Waals surface area contributed by atoms with Crippen molar-refractivity contribution in [3.63, 3.8) is 0 Å². The van der Waals surface area contributed by atoms with Crippen LogP contribution in [0.3, 0.4) is 0 Å². The van der Waals surface area contributed by atoms with Gasteiger partial charge in [0.1, 0.15) is 0 Å². The summed E-state index contributed by atoms with van der Waals surface area (Å²) >= 11 is 0. The Morgan fingerprint density at radius 1 is 1.16 bits per heavy atom. The molecule has 1 saturated heterocycles. The van der Waals surface area contributed by atoms with Crippen molar-refractivity contribution < 1.29 is 12.4 Å². The molecule has 1 aliphatic heterocycles. The third-order valence-electron chi connectivity index (χ3n) is 8.03. The topological polar surface area (TPSA) is 83.3 Å². The van der Waals surface area contributed by atoms with E-state index >= 15 is 0 Å². The molecular formula is C36H56N6O2. The molecule has 3 aromatic rings. The average Bonchev–Trinajstić information content (AvgIpc) is 3.49. The summed E-state index contributed by atoms with van der Waals surface area (Å²) in [5, 5.41) is 13.7. The van der Waals surface area contributed by atoms with Crippen molar-refractivity contribution in [2.45, 2.75) is 61.8 Å². The maximum atomic E-state index is 13.0. The van der Waals surface area contributed by atoms with Gasteiger partial charge in [0.25, 0.3) is 5.91 Å². The lowest BCUT2D eigenvalue weighted by molar-refractivity contribution is -0.117. The summed E-state index contributed by atoms with van der Waals surface area (Å²) in [5.74, 6) is -0.0317. The van der Waals surface area contributed by atoms with E-state index in [9.17, 15) is 4.79 Å². The number of rotatable bonds is 8. The zero-order valence-electron chi connectivity index (χ0n) is 28.3. The largest absolute Gasteiger partial charge is 0.379 e. The Morgan fingerprint density at radius 3 is 2.57 bits per heavy atom. The number of amides is 1. The summed E-state index contributed by atoms with van der Waals surface area (Å²) in [6, 6.07) is 8.45. The number of aliphatic imine (C=N–C) groups is 1. The van der Waals surface area contributed by atoms with Crippen molar-refractivity contribution in [3.05, 3.63) is 71.7 Å². The standard InChI is InChI=1S/C32H40N6O2.2C2H6.2H2/c1-6-25(22(2)33-5)24-18-29-26-8-7-9-28(27(26)20-35-38(29)21-24)36-30-19-23(10-11-32(30,3)4)31(39)34-12-13-37-14-16-40-17-15-37;2*1-2;;/h6-10,18-21,36H,11-17H2,1-5H3,(H,34,39);2*1-2H3;2*1H/b25-6+,33-22?;;;;. The van der Waals surface area contributed by atoms with Crippen molar-refractivity contribution in [1.29, 1.82) is 0 Å². The molecular weight excluding hydrogens is 548 g/mol. The lowest BCUT2D eigenvalue weighted by Gasteiger charge is -2.32. The Hall–Kier alpha value is -3.75. The summed E-state index contributed by atoms with van der Waals surface area (Å²) < 4.78 is 7.34. The highest BCUT2D eigenvalue weighted by Gasteiger charge is 2.28. The Bertz CT molecular complexity index is 1550. The van der Waals surface area contributed by atoms with Crippen LogP contribution in [-0.4, -0.2) is 72.6 Å². The number of anilines is 1. The number of nitrogens with zero attached hydrogens (tertiary/aromatic N) is 4. The molecule has 1 aromatic carbocycles. The molecule has 2 N–H and O–H groups in total. The van der Waals surface area contributed by atoms with Crippen LogP contribution in [0.15, 0.2) is 71.1 Å². The highest BCUT2D eigenvalue weighted by Crippen LogP contribution is 2.38. The highest BCUT2D eigenvalue weighted by molar-refractivity contribution is 6.23. The molecule has 2 aromatic heterocycles. The minimum Gasteiger partial charge on any atom is -0.379 e. The van der Waals surface area contributed by atoms with E-state index in [-0.39, 0.29) is 14.2 Å². The van der Waals surface area contributed by atoms with E-state index < -0.39 is 0 Å². The van der Waals surface area contributed by atoms with Crippen LogP contribution < -0.4 is 10.6 Å². The summed E-state index contributed by atoms with van der Waals surface area (Å²) in [7, 11) is 1.82. The number of aromatic nitrogens is 2. The van der Waals surface area contributed by atoms with Gasteiger partial charge < -0.3 is 15.4 Å². The zero-order valence-corrected chi connectivity index (χ0v) is 28.3. The number of morpholine rings is 1. The van der Waals surface area contributed by atoms with Crippen LogP contribution in [0.2, 0.25) is 0 Å². The highest BCUT2D eigenvalue weighted by atomic mass is 16.5. The third-order valence-corrected chi connectivity index (χ3v) is 8.03. The second-order valence-corrected chi connectivity index (χ2v) is 11.1. The second-order valence-electron chi connectivity index (χ2n) is 11.1. The fraction of sp³-hybridized carbons (Fsp3) is 0.472. The summed E-state index contributed by atoms with van der Waals surface area (Å²) in [6.45, 7) is 21.3. The number of carbonyl (C=O) groups is 1. The number of allylic oxidation sites excluding steroid dienone is 4. The van der Waals surface area contributed by atoms with E-state index in [1.165, 1.54) is 0 Å². The van der Waals surface area contributed by atoms with E-state index in [0.29, 0.717) is 12.1 Å². The molecule has 5 rings (SSSR count). The minimum atomic E-state index is -0.142. The van der Waals surface area contributed by atoms with E-state index in [2.05, 4.69) is 70.9 Å². The van der Waals surface area contributed by atoms with Crippen molar-refractivity contribution in [3.8, 4) is 0 Å². The molecule has 3 heterocycles. The predicted octanol–water partition coefficient (Wildman–Crippen LogP) is 7.63. The van der Waals surface area contributed by atoms with Crippen molar-refractivity contribution in [2.75, 3.05) is 51.8 Å². The normalized spacial score (nSPS) is 17.1. The Kier molecular flexibility index (Phi) is 12.9. The van der Waals surface area contributed by atoms with Crippen LogP contribution in [0.4, 0.5) is 5.69 Å². The number of hydrogen-bond acceptors (Lipinski definition) is 6. The van der Waals surface area contributed by atoms with Gasteiger partial charge in [-0.05, 0) is 44.1 Å². The van der Waals surface area contributed by atoms with Gasteiger partial charge in [-0.15, -0.1) is 0 Å². The first-order valence-corrected chi connectivity index (χ1v) is 16.1. The maximum Gasteiger partial charge on any atom is 0.251 e. The van der Waals surface area contributed by atoms with Crippen molar-refractivity contribution in [2.24, 2.45) is 10.4 Å². The van der Waals surface area contributed by atoms with E-state index in [4.69, 9.17) is 9.84 Å². The van der Waals surface area contributed by atoms with Crippen LogP contribution in [-0.2, 0) is 9.53 Å². The Balaban J connectivity index is 0.00000170. The molecule has 8 heteroatoms. The molecule has 0 bridgehead atoms. The number of fused-ring (bicyclic) bond motifs is 3. The van der Waals surface area contributed by atoms with Gasteiger partial charge in [-0.3, -0.25) is 14.7 Å². The van der Waals surface area contributed by atoms with Gasteiger partial charge in [0, 0.05) is 86.7 Å². The minimum absolute atomic E-state index is 0. The average molecular weight is 605 g/mol. The van der Waals surface area contributed by atoms with Crippen LogP contribution >= 0.6 is 0 Å². The zero-order chi connectivity index (χ0) is 32.3. The summed E-state index contributed by atoms with van der Waals surface area (Å²) in [4.78, 5) is 19.7. The summed E-state index contributed by atoms with van der Waals surface area (Å²) in [6.07, 6.45) is 10.9. The quantitative estimate of drug-likeness (QED) is 0.258. The molecule has 0 unspecified atom stereocenters. The Morgan fingerprint density at radius 2 is 1.89 bits per heavy atom. The van der Waals surface area contributed by atoms with Crippen LogP contribution in [0.5, 0.6) is 0 Å². The fourth-order valence-electron chi connectivity index (χ4n) is 5.41. The second kappa shape index (κ2) is 16.4. The Labute approximate surface area is 266 Å². The van der Waals surface area contributed by atoms with Crippen LogP contribution in [0.25, 0.3) is 21.9 Å². The molecule has 0 atom stereocenters. The molecule has 2 aliphatic rings. The fourth-order valence-corrected chi connectivity index (χ4v) is 5.41. The van der Waals surface area contributed by atoms with Gasteiger partial charge in [-0.1, -0.05) is 65.8 Å². The molecule has 242 valence electrons. The monoisotopic (exact) mass is 604 g/mol. The summed E-state index contributed by atoms with van der Waals surface area (Å²) in [5.41, 5.74) is 6.78. The number of ether oxygens (including phenoxy) is 1. The molecule has 0 saturated carbocycles. The maximum absolute atomic E-state index is 13.0. The van der Waals surface area contributed by atoms with Gasteiger partial charge in [-0.2, -0.15) is 5.10 Å². The van der Waals surface area contributed by atoms with Gasteiger partial charge in [0.15, 0.2) is 0 Å². The number of hydrogen-bond donors (Lipinski definition) is 2. The van der Waals surface area contributed by atoms with Gasteiger partial charge >= 0.3 is 0 Å². The SMILES string of the molecule is C/C=C(\C(C)=NC)c1cc2c3cccc(NC4=CC(C(=O)NCCN5CCOCC5)=CCC4(C)C)c3cnn2c1.CC.CC.[HH].[HH]. The van der Waals surface area contributed by atoms with E-state index in [1.807, 2.05) is 71.5 Å². The van der Waals surface area contributed by atoms with E-state index in [1.54, 1.807) is 0 Å². The number of nitrogens with one attached hydrogen (secondary N) is 2. The van der Waals surface area contributed by atoms with Gasteiger partial charge in [0.05, 0.1) is 24.9 Å². The molecule has 0 spiro atoms. The predicted molar refractivity (Wildman–Crippen MR) is 191 cm³/mol. The molecule has 44 heavy (non-hydrogen) atoms. The van der Waals surface area contributed by atoms with Crippen molar-refractivity contribution >= 4 is 39.2 Å². The van der Waals surface area contributed by atoms with Crippen molar-refractivity contribution in [1.82, 2.24) is 19.8 Å². The van der Waals surface area contributed by atoms with Gasteiger partial charge in [0.2, 0.25) is 0 Å². The molecule has 1 fully saturated rings. The van der Waals surface area contributed by atoms with Crippen LogP contribution in [0, 0.1) is 5.41 Å². The van der Waals surface area contributed by atoms with Gasteiger partial charge in [-0.25, -0.2) is 4.52 Å². The first-order chi connectivity index (χ1) is 21.3. The molecule has 8 nitrogen and oxygen atoms in total. The molecule has 1 aliphatic carbocycles. The first kappa shape index (κ1) is 34.7. The number of benzene rings is 1. The molecule has 0 radical (unpaired) electrons. The molecule has 1 amide bonds. The smallest absolute Gasteiger partial charge is 0.251 e. The first-order valence-electron chi connectivity index (χ1n) is 16.1. The van der Waals surface area contributed by atoms with Crippen LogP contribution in [0.1, 0.15) is 70.2 Å². The third kappa shape index (κ3) is 8.04. The number of carbonyl (C=O) groups excluding carboxylic acids is 1. The lowest BCUT2D eigenvalue weighted by Crippen LogP contribution is -2.41. The van der Waals surface area contributed by atoms with E-state index in [0.717, 1.165) is 83.8 Å². The lowest BCUT2D eigenvalue weighted by atomic mass is 9.80.